The van der Waals surface area contributed by atoms with Crippen molar-refractivity contribution < 1.29 is 4.74 Å². The third-order valence-electron chi connectivity index (χ3n) is 2.54. The van der Waals surface area contributed by atoms with Gasteiger partial charge in [0.2, 0.25) is 0 Å². The number of nitrogens with zero attached hydrogens (tertiary/aromatic N) is 2. The number of nitrogens with one attached hydrogen (secondary N) is 1. The van der Waals surface area contributed by atoms with Gasteiger partial charge < -0.3 is 10.1 Å². The molecule has 0 amide bonds. The molecule has 0 spiro atoms. The summed E-state index contributed by atoms with van der Waals surface area (Å²) in [6.07, 6.45) is 1.56. The average molecular weight is 275 g/mol. The van der Waals surface area contributed by atoms with Crippen LogP contribution in [0.3, 0.4) is 0 Å². The van der Waals surface area contributed by atoms with Crippen molar-refractivity contribution in [2.75, 3.05) is 19.0 Å². The maximum absolute atomic E-state index is 5.41. The maximum atomic E-state index is 5.41. The van der Waals surface area contributed by atoms with E-state index >= 15 is 0 Å². The van der Waals surface area contributed by atoms with E-state index in [1.54, 1.807) is 25.2 Å². The number of hydrogen-bond donors (Lipinski definition) is 1. The van der Waals surface area contributed by atoms with Gasteiger partial charge in [0.05, 0.1) is 7.11 Å². The Morgan fingerprint density at radius 1 is 1.21 bits per heavy atom. The molecule has 2 aromatic rings. The van der Waals surface area contributed by atoms with E-state index in [4.69, 9.17) is 4.74 Å². The van der Waals surface area contributed by atoms with Gasteiger partial charge in [-0.2, -0.15) is 0 Å². The van der Waals surface area contributed by atoms with Gasteiger partial charge in [0, 0.05) is 12.3 Å². The quantitative estimate of drug-likeness (QED) is 0.648. The second kappa shape index (κ2) is 6.99. The molecule has 4 nitrogen and oxygen atoms in total. The van der Waals surface area contributed by atoms with Crippen molar-refractivity contribution in [2.24, 2.45) is 0 Å². The zero-order valence-electron chi connectivity index (χ0n) is 11.1. The van der Waals surface area contributed by atoms with Gasteiger partial charge in [-0.15, -0.1) is 0 Å². The maximum Gasteiger partial charge on any atom is 0.193 e. The zero-order valence-corrected chi connectivity index (χ0v) is 11.9. The summed E-state index contributed by atoms with van der Waals surface area (Å²) < 4.78 is 5.41. The molecule has 5 heteroatoms. The first kappa shape index (κ1) is 13.7. The first-order chi connectivity index (χ1) is 9.35. The summed E-state index contributed by atoms with van der Waals surface area (Å²) in [5.41, 5.74) is 1.26. The van der Waals surface area contributed by atoms with Crippen molar-refractivity contribution in [1.82, 2.24) is 9.97 Å². The van der Waals surface area contributed by atoms with E-state index < -0.39 is 0 Å². The topological polar surface area (TPSA) is 47.0 Å². The number of ether oxygens (including phenoxy) is 1. The summed E-state index contributed by atoms with van der Waals surface area (Å²) in [5, 5.41) is 4.03. The van der Waals surface area contributed by atoms with Crippen LogP contribution in [0.1, 0.15) is 12.5 Å². The standard InChI is InChI=1S/C14H17N3OS/c1-3-15-13-12(18-2)14(17-10-16-13)19-9-11-7-5-4-6-8-11/h4-8,10H,3,9H2,1-2H3,(H,15,16,17). The van der Waals surface area contributed by atoms with Gasteiger partial charge in [0.1, 0.15) is 11.4 Å². The van der Waals surface area contributed by atoms with E-state index in [-0.39, 0.29) is 0 Å². The summed E-state index contributed by atoms with van der Waals surface area (Å²) in [5.74, 6) is 2.32. The van der Waals surface area contributed by atoms with Crippen LogP contribution in [0, 0.1) is 0 Å². The second-order valence-electron chi connectivity index (χ2n) is 3.87. The molecule has 0 atom stereocenters. The van der Waals surface area contributed by atoms with E-state index in [0.29, 0.717) is 5.75 Å². The summed E-state index contributed by atoms with van der Waals surface area (Å²) in [6, 6.07) is 10.3. The van der Waals surface area contributed by atoms with E-state index in [9.17, 15) is 0 Å². The number of hydrogen-bond acceptors (Lipinski definition) is 5. The van der Waals surface area contributed by atoms with Crippen molar-refractivity contribution in [2.45, 2.75) is 17.7 Å². The van der Waals surface area contributed by atoms with E-state index in [2.05, 4.69) is 27.4 Å². The second-order valence-corrected chi connectivity index (χ2v) is 4.83. The Balaban J connectivity index is 2.13. The molecule has 0 bridgehead atoms. The highest BCUT2D eigenvalue weighted by Gasteiger charge is 2.11. The molecule has 0 aliphatic heterocycles. The molecule has 0 aliphatic rings. The molecule has 2 rings (SSSR count). The normalized spacial score (nSPS) is 10.2. The molecule has 100 valence electrons. The van der Waals surface area contributed by atoms with Crippen LogP contribution >= 0.6 is 11.8 Å². The van der Waals surface area contributed by atoms with Crippen molar-refractivity contribution in [3.8, 4) is 5.75 Å². The molecule has 1 aromatic heterocycles. The number of benzene rings is 1. The molecule has 0 saturated heterocycles. The first-order valence-corrected chi connectivity index (χ1v) is 7.13. The Hall–Kier alpha value is -1.75. The molecule has 1 N–H and O–H groups in total. The number of thioether (sulfide) groups is 1. The first-order valence-electron chi connectivity index (χ1n) is 6.14. The number of anilines is 1. The lowest BCUT2D eigenvalue weighted by atomic mass is 10.2. The Morgan fingerprint density at radius 2 is 2.00 bits per heavy atom. The molecule has 19 heavy (non-hydrogen) atoms. The van der Waals surface area contributed by atoms with Crippen LogP contribution in [0.5, 0.6) is 5.75 Å². The molecule has 0 aliphatic carbocycles. The highest BCUT2D eigenvalue weighted by Crippen LogP contribution is 2.33. The molecule has 0 unspecified atom stereocenters. The van der Waals surface area contributed by atoms with Gasteiger partial charge >= 0.3 is 0 Å². The van der Waals surface area contributed by atoms with Gasteiger partial charge in [-0.1, -0.05) is 42.1 Å². The fraction of sp³-hybridized carbons (Fsp3) is 0.286. The minimum Gasteiger partial charge on any atom is -0.490 e. The Morgan fingerprint density at radius 3 is 2.68 bits per heavy atom. The fourth-order valence-corrected chi connectivity index (χ4v) is 2.59. The summed E-state index contributed by atoms with van der Waals surface area (Å²) in [7, 11) is 1.64. The van der Waals surface area contributed by atoms with Crippen molar-refractivity contribution in [1.29, 1.82) is 0 Å². The minimum atomic E-state index is 0.713. The third-order valence-corrected chi connectivity index (χ3v) is 3.58. The summed E-state index contributed by atoms with van der Waals surface area (Å²) in [4.78, 5) is 8.49. The van der Waals surface area contributed by atoms with E-state index in [1.165, 1.54) is 5.56 Å². The van der Waals surface area contributed by atoms with Crippen LogP contribution in [-0.2, 0) is 5.75 Å². The van der Waals surface area contributed by atoms with Crippen LogP contribution in [0.15, 0.2) is 41.7 Å². The molecule has 0 saturated carbocycles. The van der Waals surface area contributed by atoms with Gasteiger partial charge in [-0.3, -0.25) is 0 Å². The largest absolute Gasteiger partial charge is 0.490 e. The molecule has 1 heterocycles. The molecular weight excluding hydrogens is 258 g/mol. The highest BCUT2D eigenvalue weighted by molar-refractivity contribution is 7.98. The predicted octanol–water partition coefficient (Wildman–Crippen LogP) is 3.21. The van der Waals surface area contributed by atoms with Crippen LogP contribution in [0.25, 0.3) is 0 Å². The van der Waals surface area contributed by atoms with Crippen LogP contribution in [0.4, 0.5) is 5.82 Å². The number of rotatable bonds is 6. The highest BCUT2D eigenvalue weighted by atomic mass is 32.2. The number of aromatic nitrogens is 2. The zero-order chi connectivity index (χ0) is 13.5. The van der Waals surface area contributed by atoms with E-state index in [0.717, 1.165) is 23.1 Å². The van der Waals surface area contributed by atoms with Gasteiger partial charge in [-0.25, -0.2) is 9.97 Å². The Kier molecular flexibility index (Phi) is 5.03. The molecule has 1 aromatic carbocycles. The summed E-state index contributed by atoms with van der Waals surface area (Å²) >= 11 is 1.65. The van der Waals surface area contributed by atoms with Crippen molar-refractivity contribution in [3.63, 3.8) is 0 Å². The lowest BCUT2D eigenvalue weighted by Gasteiger charge is -2.11. The predicted molar refractivity (Wildman–Crippen MR) is 78.8 cm³/mol. The van der Waals surface area contributed by atoms with Gasteiger partial charge in [-0.05, 0) is 12.5 Å². The Bertz CT molecular complexity index is 519. The molecule has 0 fully saturated rings. The summed E-state index contributed by atoms with van der Waals surface area (Å²) in [6.45, 7) is 2.83. The number of methoxy groups -OCH3 is 1. The van der Waals surface area contributed by atoms with Crippen molar-refractivity contribution in [3.05, 3.63) is 42.2 Å². The lowest BCUT2D eigenvalue weighted by molar-refractivity contribution is 0.400. The van der Waals surface area contributed by atoms with Crippen LogP contribution in [-0.4, -0.2) is 23.6 Å². The van der Waals surface area contributed by atoms with Crippen molar-refractivity contribution >= 4 is 17.6 Å². The fourth-order valence-electron chi connectivity index (χ4n) is 1.66. The Labute approximate surface area is 117 Å². The van der Waals surface area contributed by atoms with E-state index in [1.807, 2.05) is 25.1 Å². The van der Waals surface area contributed by atoms with Gasteiger partial charge in [0.25, 0.3) is 0 Å². The third kappa shape index (κ3) is 3.61. The smallest absolute Gasteiger partial charge is 0.193 e. The SMILES string of the molecule is CCNc1ncnc(SCc2ccccc2)c1OC. The lowest BCUT2D eigenvalue weighted by Crippen LogP contribution is -2.03. The monoisotopic (exact) mass is 275 g/mol. The molecular formula is C14H17N3OS. The average Bonchev–Trinajstić information content (AvgIpc) is 2.46. The van der Waals surface area contributed by atoms with Crippen LogP contribution in [0.2, 0.25) is 0 Å². The van der Waals surface area contributed by atoms with Gasteiger partial charge in [0.15, 0.2) is 11.6 Å². The minimum absolute atomic E-state index is 0.713. The molecule has 0 radical (unpaired) electrons. The van der Waals surface area contributed by atoms with Crippen LogP contribution < -0.4 is 10.1 Å².